The summed E-state index contributed by atoms with van der Waals surface area (Å²) in [6, 6.07) is 9.13. The Morgan fingerprint density at radius 2 is 1.88 bits per heavy atom. The number of likely N-dealkylation sites (tertiary alicyclic amines) is 1. The first-order valence-corrected chi connectivity index (χ1v) is 8.94. The van der Waals surface area contributed by atoms with E-state index in [4.69, 9.17) is 0 Å². The third-order valence-corrected chi connectivity index (χ3v) is 4.85. The standard InChI is InChI=1S/C18H20N2O3S/c21-16-5-8-20(9-6-16)17(22)11-13-1-3-15(4-2-13)19-18(23)14-7-10-24-12-14/h1-4,7,10,12,16,21H,5-6,8-9,11H2,(H,19,23). The molecule has 0 radical (unpaired) electrons. The fourth-order valence-electron chi connectivity index (χ4n) is 2.70. The first kappa shape index (κ1) is 16.7. The molecule has 1 aromatic carbocycles. The molecule has 0 bridgehead atoms. The molecule has 0 spiro atoms. The van der Waals surface area contributed by atoms with Crippen LogP contribution in [-0.2, 0) is 11.2 Å². The van der Waals surface area contributed by atoms with Gasteiger partial charge in [0, 0.05) is 24.2 Å². The number of carbonyl (C=O) groups excluding carboxylic acids is 2. The second kappa shape index (κ2) is 7.59. The van der Waals surface area contributed by atoms with E-state index in [0.717, 1.165) is 5.56 Å². The van der Waals surface area contributed by atoms with E-state index < -0.39 is 0 Å². The van der Waals surface area contributed by atoms with Gasteiger partial charge in [0.15, 0.2) is 0 Å². The summed E-state index contributed by atoms with van der Waals surface area (Å²) in [7, 11) is 0. The molecular weight excluding hydrogens is 324 g/mol. The van der Waals surface area contributed by atoms with E-state index >= 15 is 0 Å². The maximum absolute atomic E-state index is 12.3. The Morgan fingerprint density at radius 1 is 1.17 bits per heavy atom. The lowest BCUT2D eigenvalue weighted by atomic mass is 10.1. The maximum atomic E-state index is 12.3. The van der Waals surface area contributed by atoms with Crippen LogP contribution < -0.4 is 5.32 Å². The second-order valence-corrected chi connectivity index (χ2v) is 6.73. The third kappa shape index (κ3) is 4.21. The molecule has 0 atom stereocenters. The van der Waals surface area contributed by atoms with Crippen LogP contribution in [0.4, 0.5) is 5.69 Å². The summed E-state index contributed by atoms with van der Waals surface area (Å²) in [6.07, 6.45) is 1.37. The minimum absolute atomic E-state index is 0.0805. The van der Waals surface area contributed by atoms with Crippen LogP contribution in [-0.4, -0.2) is 41.0 Å². The van der Waals surface area contributed by atoms with Crippen molar-refractivity contribution < 1.29 is 14.7 Å². The lowest BCUT2D eigenvalue weighted by molar-refractivity contribution is -0.132. The SMILES string of the molecule is O=C(Nc1ccc(CC(=O)N2CCC(O)CC2)cc1)c1ccsc1. The largest absolute Gasteiger partial charge is 0.393 e. The molecule has 126 valence electrons. The number of amides is 2. The Bertz CT molecular complexity index is 690. The fraction of sp³-hybridized carbons (Fsp3) is 0.333. The van der Waals surface area contributed by atoms with Gasteiger partial charge in [-0.3, -0.25) is 9.59 Å². The number of nitrogens with one attached hydrogen (secondary N) is 1. The minimum Gasteiger partial charge on any atom is -0.393 e. The van der Waals surface area contributed by atoms with Crippen molar-refractivity contribution in [2.24, 2.45) is 0 Å². The zero-order chi connectivity index (χ0) is 16.9. The highest BCUT2D eigenvalue weighted by atomic mass is 32.1. The smallest absolute Gasteiger partial charge is 0.256 e. The molecule has 0 unspecified atom stereocenters. The van der Waals surface area contributed by atoms with Crippen molar-refractivity contribution >= 4 is 28.8 Å². The van der Waals surface area contributed by atoms with Crippen molar-refractivity contribution in [3.05, 3.63) is 52.2 Å². The van der Waals surface area contributed by atoms with Gasteiger partial charge in [-0.25, -0.2) is 0 Å². The van der Waals surface area contributed by atoms with Crippen LogP contribution in [0.1, 0.15) is 28.8 Å². The van der Waals surface area contributed by atoms with Crippen molar-refractivity contribution in [1.29, 1.82) is 0 Å². The summed E-state index contributed by atoms with van der Waals surface area (Å²) in [6.45, 7) is 1.24. The van der Waals surface area contributed by atoms with Gasteiger partial charge in [0.2, 0.25) is 5.91 Å². The van der Waals surface area contributed by atoms with Gasteiger partial charge in [-0.1, -0.05) is 12.1 Å². The van der Waals surface area contributed by atoms with E-state index in [2.05, 4.69) is 5.32 Å². The first-order valence-electron chi connectivity index (χ1n) is 8.00. The number of benzene rings is 1. The van der Waals surface area contributed by atoms with Gasteiger partial charge in [0.05, 0.1) is 18.1 Å². The van der Waals surface area contributed by atoms with Crippen LogP contribution in [0.15, 0.2) is 41.1 Å². The maximum Gasteiger partial charge on any atom is 0.256 e. The molecule has 1 saturated heterocycles. The van der Waals surface area contributed by atoms with Gasteiger partial charge in [0.1, 0.15) is 0 Å². The number of carbonyl (C=O) groups is 2. The normalized spacial score (nSPS) is 15.3. The minimum atomic E-state index is -0.278. The predicted molar refractivity (Wildman–Crippen MR) is 94.2 cm³/mol. The van der Waals surface area contributed by atoms with Crippen LogP contribution in [0.25, 0.3) is 0 Å². The number of anilines is 1. The number of piperidine rings is 1. The van der Waals surface area contributed by atoms with E-state index in [0.29, 0.717) is 43.6 Å². The molecule has 24 heavy (non-hydrogen) atoms. The quantitative estimate of drug-likeness (QED) is 0.895. The van der Waals surface area contributed by atoms with Crippen molar-refractivity contribution in [1.82, 2.24) is 4.90 Å². The lowest BCUT2D eigenvalue weighted by Gasteiger charge is -2.29. The molecule has 1 fully saturated rings. The molecule has 5 nitrogen and oxygen atoms in total. The molecule has 1 aliphatic heterocycles. The summed E-state index contributed by atoms with van der Waals surface area (Å²) >= 11 is 1.48. The Morgan fingerprint density at radius 3 is 2.50 bits per heavy atom. The molecule has 2 aromatic rings. The highest BCUT2D eigenvalue weighted by Crippen LogP contribution is 2.15. The zero-order valence-electron chi connectivity index (χ0n) is 13.3. The van der Waals surface area contributed by atoms with Gasteiger partial charge in [-0.15, -0.1) is 0 Å². The molecule has 2 amide bonds. The summed E-state index contributed by atoms with van der Waals surface area (Å²) in [5.74, 6) is -0.0519. The van der Waals surface area contributed by atoms with Crippen molar-refractivity contribution in [3.8, 4) is 0 Å². The molecule has 6 heteroatoms. The number of hydrogen-bond donors (Lipinski definition) is 2. The average molecular weight is 344 g/mol. The highest BCUT2D eigenvalue weighted by molar-refractivity contribution is 7.08. The van der Waals surface area contributed by atoms with E-state index in [9.17, 15) is 14.7 Å². The molecule has 1 aromatic heterocycles. The number of aliphatic hydroxyl groups excluding tert-OH is 1. The van der Waals surface area contributed by atoms with Gasteiger partial charge in [-0.05, 0) is 42.0 Å². The summed E-state index contributed by atoms with van der Waals surface area (Å²) < 4.78 is 0. The van der Waals surface area contributed by atoms with E-state index in [1.807, 2.05) is 29.6 Å². The fourth-order valence-corrected chi connectivity index (χ4v) is 3.34. The topological polar surface area (TPSA) is 69.6 Å². The van der Waals surface area contributed by atoms with Gasteiger partial charge >= 0.3 is 0 Å². The number of nitrogens with zero attached hydrogens (tertiary/aromatic N) is 1. The van der Waals surface area contributed by atoms with Crippen molar-refractivity contribution in [2.75, 3.05) is 18.4 Å². The van der Waals surface area contributed by atoms with Crippen LogP contribution in [0, 0.1) is 0 Å². The van der Waals surface area contributed by atoms with Crippen LogP contribution in [0.3, 0.4) is 0 Å². The van der Waals surface area contributed by atoms with Gasteiger partial charge in [0.25, 0.3) is 5.91 Å². The highest BCUT2D eigenvalue weighted by Gasteiger charge is 2.21. The summed E-state index contributed by atoms with van der Waals surface area (Å²) in [5.41, 5.74) is 2.27. The Labute approximate surface area is 144 Å². The molecule has 0 saturated carbocycles. The Balaban J connectivity index is 1.54. The Kier molecular flexibility index (Phi) is 5.27. The summed E-state index contributed by atoms with van der Waals surface area (Å²) in [5, 5.41) is 16.0. The number of aliphatic hydroxyl groups is 1. The molecule has 1 aliphatic rings. The zero-order valence-corrected chi connectivity index (χ0v) is 14.1. The van der Waals surface area contributed by atoms with E-state index in [-0.39, 0.29) is 17.9 Å². The van der Waals surface area contributed by atoms with Crippen LogP contribution in [0.2, 0.25) is 0 Å². The van der Waals surface area contributed by atoms with Crippen molar-refractivity contribution in [2.45, 2.75) is 25.4 Å². The molecule has 0 aliphatic carbocycles. The van der Waals surface area contributed by atoms with Gasteiger partial charge < -0.3 is 15.3 Å². The second-order valence-electron chi connectivity index (χ2n) is 5.95. The monoisotopic (exact) mass is 344 g/mol. The van der Waals surface area contributed by atoms with Crippen LogP contribution in [0.5, 0.6) is 0 Å². The molecule has 2 N–H and O–H groups in total. The van der Waals surface area contributed by atoms with Gasteiger partial charge in [-0.2, -0.15) is 11.3 Å². The van der Waals surface area contributed by atoms with Crippen LogP contribution >= 0.6 is 11.3 Å². The molecule has 2 heterocycles. The Hall–Kier alpha value is -2.18. The first-order chi connectivity index (χ1) is 11.6. The third-order valence-electron chi connectivity index (χ3n) is 4.17. The van der Waals surface area contributed by atoms with E-state index in [1.165, 1.54) is 11.3 Å². The molecule has 3 rings (SSSR count). The average Bonchev–Trinajstić information content (AvgIpc) is 3.12. The predicted octanol–water partition coefficient (Wildman–Crippen LogP) is 2.53. The number of thiophene rings is 1. The summed E-state index contributed by atoms with van der Waals surface area (Å²) in [4.78, 5) is 26.1. The number of rotatable bonds is 4. The molecular formula is C18H20N2O3S. The number of hydrogen-bond acceptors (Lipinski definition) is 4. The lowest BCUT2D eigenvalue weighted by Crippen LogP contribution is -2.40. The van der Waals surface area contributed by atoms with E-state index in [1.54, 1.807) is 16.3 Å². The van der Waals surface area contributed by atoms with Crippen molar-refractivity contribution in [3.63, 3.8) is 0 Å².